The molecule has 0 saturated carbocycles. The van der Waals surface area contributed by atoms with Gasteiger partial charge in [0.05, 0.1) is 18.1 Å². The van der Waals surface area contributed by atoms with Crippen molar-refractivity contribution in [3.8, 4) is 0 Å². The molecule has 0 aliphatic carbocycles. The van der Waals surface area contributed by atoms with Crippen LogP contribution < -0.4 is 5.32 Å². The van der Waals surface area contributed by atoms with Crippen LogP contribution in [-0.2, 0) is 11.2 Å². The Morgan fingerprint density at radius 1 is 1.14 bits per heavy atom. The number of benzene rings is 2. The minimum Gasteiger partial charge on any atom is -0.355 e. The molecule has 0 bridgehead atoms. The Morgan fingerprint density at radius 3 is 2.59 bits per heavy atom. The van der Waals surface area contributed by atoms with Gasteiger partial charge in [0.1, 0.15) is 0 Å². The second-order valence-electron chi connectivity index (χ2n) is 5.46. The average Bonchev–Trinajstić information content (AvgIpc) is 2.96. The van der Waals surface area contributed by atoms with E-state index in [0.717, 1.165) is 27.8 Å². The second kappa shape index (κ2) is 5.89. The van der Waals surface area contributed by atoms with E-state index in [1.807, 2.05) is 42.5 Å². The normalized spacial score (nSPS) is 10.6. The van der Waals surface area contributed by atoms with Crippen LogP contribution in [0, 0.1) is 0 Å². The van der Waals surface area contributed by atoms with E-state index in [0.29, 0.717) is 6.42 Å². The molecule has 0 saturated heterocycles. The van der Waals surface area contributed by atoms with E-state index in [2.05, 4.69) is 15.5 Å². The van der Waals surface area contributed by atoms with Crippen LogP contribution in [0.5, 0.6) is 0 Å². The fourth-order valence-corrected chi connectivity index (χ4v) is 2.22. The lowest BCUT2D eigenvalue weighted by Crippen LogP contribution is -2.23. The van der Waals surface area contributed by atoms with Crippen LogP contribution in [-0.4, -0.2) is 35.1 Å². The van der Waals surface area contributed by atoms with Gasteiger partial charge in [0.25, 0.3) is 0 Å². The summed E-state index contributed by atoms with van der Waals surface area (Å²) in [5.74, 6) is 0.102. The third-order valence-electron chi connectivity index (χ3n) is 3.54. The standard InChI is InChI=1S/C17H18N4O/c1-21(2)17(22)9-12-3-6-14(7-4-12)19-15-8-5-13-11-18-20-16(13)10-15/h3-8,10-11,19H,9H2,1-2H3,(H,18,20). The topological polar surface area (TPSA) is 61.0 Å². The van der Waals surface area contributed by atoms with Crippen molar-refractivity contribution in [2.45, 2.75) is 6.42 Å². The van der Waals surface area contributed by atoms with Crippen molar-refractivity contribution in [3.05, 3.63) is 54.2 Å². The Hall–Kier alpha value is -2.82. The van der Waals surface area contributed by atoms with E-state index in [9.17, 15) is 4.79 Å². The molecule has 1 aromatic heterocycles. The predicted octanol–water partition coefficient (Wildman–Crippen LogP) is 2.94. The number of hydrogen-bond donors (Lipinski definition) is 2. The number of aromatic nitrogens is 2. The molecule has 0 aliphatic heterocycles. The first-order valence-electron chi connectivity index (χ1n) is 7.11. The molecule has 22 heavy (non-hydrogen) atoms. The van der Waals surface area contributed by atoms with Gasteiger partial charge in [-0.2, -0.15) is 5.10 Å². The van der Waals surface area contributed by atoms with Gasteiger partial charge in [-0.05, 0) is 35.9 Å². The quantitative estimate of drug-likeness (QED) is 0.777. The van der Waals surface area contributed by atoms with E-state index in [4.69, 9.17) is 0 Å². The first-order chi connectivity index (χ1) is 10.6. The van der Waals surface area contributed by atoms with E-state index in [1.165, 1.54) is 0 Å². The van der Waals surface area contributed by atoms with Crippen LogP contribution in [0.2, 0.25) is 0 Å². The van der Waals surface area contributed by atoms with Gasteiger partial charge in [-0.1, -0.05) is 12.1 Å². The summed E-state index contributed by atoms with van der Waals surface area (Å²) < 4.78 is 0. The Balaban J connectivity index is 1.71. The van der Waals surface area contributed by atoms with Gasteiger partial charge in [0.15, 0.2) is 0 Å². The lowest BCUT2D eigenvalue weighted by atomic mass is 10.1. The second-order valence-corrected chi connectivity index (χ2v) is 5.46. The molecule has 0 atom stereocenters. The van der Waals surface area contributed by atoms with Crippen molar-refractivity contribution in [1.82, 2.24) is 15.1 Å². The van der Waals surface area contributed by atoms with Crippen LogP contribution in [0.4, 0.5) is 11.4 Å². The summed E-state index contributed by atoms with van der Waals surface area (Å²) in [5, 5.41) is 11.4. The SMILES string of the molecule is CN(C)C(=O)Cc1ccc(Nc2ccc3cn[nH]c3c2)cc1. The van der Waals surface area contributed by atoms with Crippen LogP contribution in [0.1, 0.15) is 5.56 Å². The number of nitrogens with zero attached hydrogens (tertiary/aromatic N) is 2. The molecule has 0 unspecified atom stereocenters. The Bertz CT molecular complexity index is 790. The molecule has 1 amide bonds. The van der Waals surface area contributed by atoms with Gasteiger partial charge in [0, 0.05) is 30.9 Å². The number of rotatable bonds is 4. The maximum absolute atomic E-state index is 11.7. The number of carbonyl (C=O) groups excluding carboxylic acids is 1. The number of H-pyrrole nitrogens is 1. The fourth-order valence-electron chi connectivity index (χ4n) is 2.22. The molecule has 0 aliphatic rings. The highest BCUT2D eigenvalue weighted by Gasteiger charge is 2.05. The van der Waals surface area contributed by atoms with Gasteiger partial charge >= 0.3 is 0 Å². The van der Waals surface area contributed by atoms with Crippen molar-refractivity contribution < 1.29 is 4.79 Å². The third-order valence-corrected chi connectivity index (χ3v) is 3.54. The highest BCUT2D eigenvalue weighted by molar-refractivity contribution is 5.82. The smallest absolute Gasteiger partial charge is 0.226 e. The van der Waals surface area contributed by atoms with Crippen LogP contribution in [0.3, 0.4) is 0 Å². The van der Waals surface area contributed by atoms with E-state index >= 15 is 0 Å². The fraction of sp³-hybridized carbons (Fsp3) is 0.176. The maximum Gasteiger partial charge on any atom is 0.226 e. The van der Waals surface area contributed by atoms with Gasteiger partial charge in [-0.15, -0.1) is 0 Å². The Morgan fingerprint density at radius 2 is 1.86 bits per heavy atom. The molecule has 5 nitrogen and oxygen atoms in total. The number of hydrogen-bond acceptors (Lipinski definition) is 3. The average molecular weight is 294 g/mol. The molecule has 3 aromatic rings. The monoisotopic (exact) mass is 294 g/mol. The summed E-state index contributed by atoms with van der Waals surface area (Å²) >= 11 is 0. The highest BCUT2D eigenvalue weighted by Crippen LogP contribution is 2.21. The molecule has 1 heterocycles. The Labute approximate surface area is 128 Å². The number of anilines is 2. The molecule has 5 heteroatoms. The van der Waals surface area contributed by atoms with Crippen molar-refractivity contribution >= 4 is 28.2 Å². The summed E-state index contributed by atoms with van der Waals surface area (Å²) in [6.07, 6.45) is 2.23. The Kier molecular flexibility index (Phi) is 3.78. The number of carbonyl (C=O) groups is 1. The van der Waals surface area contributed by atoms with E-state index < -0.39 is 0 Å². The highest BCUT2D eigenvalue weighted by atomic mass is 16.2. The molecule has 0 radical (unpaired) electrons. The summed E-state index contributed by atoms with van der Waals surface area (Å²) in [6.45, 7) is 0. The summed E-state index contributed by atoms with van der Waals surface area (Å²) in [4.78, 5) is 13.3. The first kappa shape index (κ1) is 14.1. The zero-order valence-electron chi connectivity index (χ0n) is 12.6. The summed E-state index contributed by atoms with van der Waals surface area (Å²) in [6, 6.07) is 14.0. The van der Waals surface area contributed by atoms with E-state index in [1.54, 1.807) is 25.2 Å². The van der Waals surface area contributed by atoms with Crippen molar-refractivity contribution in [2.75, 3.05) is 19.4 Å². The zero-order valence-corrected chi connectivity index (χ0v) is 12.6. The van der Waals surface area contributed by atoms with E-state index in [-0.39, 0.29) is 5.91 Å². The van der Waals surface area contributed by atoms with Gasteiger partial charge in [-0.25, -0.2) is 0 Å². The van der Waals surface area contributed by atoms with Gasteiger partial charge in [-0.3, -0.25) is 9.89 Å². The largest absolute Gasteiger partial charge is 0.355 e. The van der Waals surface area contributed by atoms with Crippen LogP contribution in [0.25, 0.3) is 10.9 Å². The summed E-state index contributed by atoms with van der Waals surface area (Å²) in [7, 11) is 3.54. The first-order valence-corrected chi connectivity index (χ1v) is 7.11. The molecule has 0 fully saturated rings. The molecule has 2 N–H and O–H groups in total. The number of amides is 1. The predicted molar refractivity (Wildman–Crippen MR) is 88.2 cm³/mol. The molecule has 2 aromatic carbocycles. The molecule has 3 rings (SSSR count). The number of aromatic amines is 1. The van der Waals surface area contributed by atoms with Crippen LogP contribution in [0.15, 0.2) is 48.7 Å². The van der Waals surface area contributed by atoms with Crippen LogP contribution >= 0.6 is 0 Å². The molecular formula is C17H18N4O. The maximum atomic E-state index is 11.7. The van der Waals surface area contributed by atoms with Crippen molar-refractivity contribution in [2.24, 2.45) is 0 Å². The zero-order chi connectivity index (χ0) is 15.5. The minimum absolute atomic E-state index is 0.102. The van der Waals surface area contributed by atoms with Gasteiger partial charge < -0.3 is 10.2 Å². The lowest BCUT2D eigenvalue weighted by molar-refractivity contribution is -0.127. The lowest BCUT2D eigenvalue weighted by Gasteiger charge is -2.11. The van der Waals surface area contributed by atoms with Gasteiger partial charge in [0.2, 0.25) is 5.91 Å². The van der Waals surface area contributed by atoms with Crippen molar-refractivity contribution in [3.63, 3.8) is 0 Å². The molecule has 112 valence electrons. The number of fused-ring (bicyclic) bond motifs is 1. The minimum atomic E-state index is 0.102. The van der Waals surface area contributed by atoms with Crippen molar-refractivity contribution in [1.29, 1.82) is 0 Å². The summed E-state index contributed by atoms with van der Waals surface area (Å²) in [5.41, 5.74) is 3.99. The molecule has 0 spiro atoms. The number of likely N-dealkylation sites (N-methyl/N-ethyl adjacent to an activating group) is 1. The number of nitrogens with one attached hydrogen (secondary N) is 2. The molecular weight excluding hydrogens is 276 g/mol. The third kappa shape index (κ3) is 3.09.